The zero-order valence-electron chi connectivity index (χ0n) is 15.9. The molecule has 0 aliphatic carbocycles. The highest BCUT2D eigenvalue weighted by Crippen LogP contribution is 2.37. The Balaban J connectivity index is 1.90. The molecule has 0 radical (unpaired) electrons. The molecule has 1 heterocycles. The van der Waals surface area contributed by atoms with E-state index in [0.717, 1.165) is 42.6 Å². The van der Waals surface area contributed by atoms with E-state index in [9.17, 15) is 10.2 Å². The molecule has 1 aliphatic rings. The van der Waals surface area contributed by atoms with E-state index in [4.69, 9.17) is 0 Å². The summed E-state index contributed by atoms with van der Waals surface area (Å²) in [5.74, 6) is 0. The Morgan fingerprint density at radius 2 is 1.38 bits per heavy atom. The van der Waals surface area contributed by atoms with Crippen LogP contribution in [0.25, 0.3) is 11.1 Å². The first-order chi connectivity index (χ1) is 12.5. The summed E-state index contributed by atoms with van der Waals surface area (Å²) < 4.78 is 0. The van der Waals surface area contributed by atoms with Gasteiger partial charge in [-0.2, -0.15) is 0 Å². The van der Waals surface area contributed by atoms with Gasteiger partial charge in [0.15, 0.2) is 0 Å². The first-order valence-electron chi connectivity index (χ1n) is 9.77. The van der Waals surface area contributed by atoms with Crippen molar-refractivity contribution in [2.45, 2.75) is 57.3 Å². The van der Waals surface area contributed by atoms with Crippen LogP contribution < -0.4 is 0 Å². The van der Waals surface area contributed by atoms with Gasteiger partial charge in [-0.05, 0) is 29.5 Å². The quantitative estimate of drug-likeness (QED) is 0.847. The summed E-state index contributed by atoms with van der Waals surface area (Å²) >= 11 is 0. The van der Waals surface area contributed by atoms with Crippen molar-refractivity contribution in [3.8, 4) is 11.1 Å². The molecule has 0 saturated carbocycles. The molecule has 3 nitrogen and oxygen atoms in total. The van der Waals surface area contributed by atoms with Gasteiger partial charge in [-0.25, -0.2) is 0 Å². The van der Waals surface area contributed by atoms with Gasteiger partial charge in [-0.3, -0.25) is 4.90 Å². The molecule has 140 valence electrons. The van der Waals surface area contributed by atoms with Crippen molar-refractivity contribution >= 4 is 0 Å². The largest absolute Gasteiger partial charge is 0.388 e. The summed E-state index contributed by atoms with van der Waals surface area (Å²) in [5.41, 5.74) is 2.73. The van der Waals surface area contributed by atoms with Crippen molar-refractivity contribution in [1.82, 2.24) is 4.90 Å². The predicted molar refractivity (Wildman–Crippen MR) is 107 cm³/mol. The van der Waals surface area contributed by atoms with Gasteiger partial charge in [0.05, 0.1) is 0 Å². The second kappa shape index (κ2) is 8.34. The van der Waals surface area contributed by atoms with Crippen molar-refractivity contribution in [2.75, 3.05) is 13.1 Å². The van der Waals surface area contributed by atoms with Gasteiger partial charge < -0.3 is 10.2 Å². The van der Waals surface area contributed by atoms with E-state index in [1.165, 1.54) is 12.8 Å². The van der Waals surface area contributed by atoms with Gasteiger partial charge >= 0.3 is 0 Å². The van der Waals surface area contributed by atoms with Crippen molar-refractivity contribution in [3.05, 3.63) is 60.2 Å². The molecule has 3 rings (SSSR count). The Labute approximate surface area is 157 Å². The van der Waals surface area contributed by atoms with Gasteiger partial charge in [-0.15, -0.1) is 0 Å². The first kappa shape index (κ1) is 19.1. The van der Waals surface area contributed by atoms with Crippen LogP contribution in [0, 0.1) is 0 Å². The van der Waals surface area contributed by atoms with Crippen molar-refractivity contribution in [3.63, 3.8) is 0 Å². The van der Waals surface area contributed by atoms with Crippen molar-refractivity contribution in [1.29, 1.82) is 0 Å². The highest BCUT2D eigenvalue weighted by molar-refractivity contribution is 5.68. The maximum Gasteiger partial charge on any atom is 0.134 e. The molecule has 1 fully saturated rings. The minimum atomic E-state index is -0.856. The molecule has 2 atom stereocenters. The molecule has 0 bridgehead atoms. The highest BCUT2D eigenvalue weighted by Gasteiger charge is 2.39. The molecule has 2 unspecified atom stereocenters. The number of rotatable bonds is 5. The van der Waals surface area contributed by atoms with E-state index < -0.39 is 17.7 Å². The normalized spacial score (nSPS) is 18.9. The Bertz CT molecular complexity index is 690. The fourth-order valence-electron chi connectivity index (χ4n) is 4.01. The summed E-state index contributed by atoms with van der Waals surface area (Å²) in [5, 5.41) is 22.0. The maximum absolute atomic E-state index is 11.1. The third-order valence-corrected chi connectivity index (χ3v) is 5.74. The van der Waals surface area contributed by atoms with E-state index in [1.54, 1.807) is 0 Å². The third kappa shape index (κ3) is 4.01. The van der Waals surface area contributed by atoms with Crippen LogP contribution in [0.15, 0.2) is 54.6 Å². The maximum atomic E-state index is 11.1. The van der Waals surface area contributed by atoms with Crippen molar-refractivity contribution < 1.29 is 10.2 Å². The Hall–Kier alpha value is -1.68. The van der Waals surface area contributed by atoms with Crippen LogP contribution in [0.3, 0.4) is 0 Å². The smallest absolute Gasteiger partial charge is 0.134 e. The van der Waals surface area contributed by atoms with E-state index in [2.05, 4.69) is 24.3 Å². The molecule has 2 aromatic rings. The van der Waals surface area contributed by atoms with Crippen molar-refractivity contribution in [2.24, 2.45) is 0 Å². The molecule has 0 spiro atoms. The molecular weight excluding hydrogens is 322 g/mol. The van der Waals surface area contributed by atoms with E-state index in [1.807, 2.05) is 49.1 Å². The van der Waals surface area contributed by atoms with Crippen LogP contribution in [-0.2, 0) is 5.41 Å². The first-order valence-corrected chi connectivity index (χ1v) is 9.77. The summed E-state index contributed by atoms with van der Waals surface area (Å²) in [6.45, 7) is 5.77. The summed E-state index contributed by atoms with van der Waals surface area (Å²) in [4.78, 5) is 2.05. The molecule has 1 aliphatic heterocycles. The highest BCUT2D eigenvalue weighted by atomic mass is 16.3. The number of nitrogens with zero attached hydrogens (tertiary/aromatic N) is 1. The standard InChI is InChI=1S/C23H31NO2/c1-23(2,21(25)22(26)24-16-10-3-4-11-17-24)20-15-9-8-14-19(20)18-12-6-5-7-13-18/h5-9,12-15,21-22,25-26H,3-4,10-11,16-17H2,1-2H3. The zero-order valence-corrected chi connectivity index (χ0v) is 15.9. The van der Waals surface area contributed by atoms with E-state index >= 15 is 0 Å². The fourth-order valence-corrected chi connectivity index (χ4v) is 4.01. The van der Waals surface area contributed by atoms with Gasteiger partial charge in [0.2, 0.25) is 0 Å². The fraction of sp³-hybridized carbons (Fsp3) is 0.478. The van der Waals surface area contributed by atoms with E-state index in [0.29, 0.717) is 0 Å². The Kier molecular flexibility index (Phi) is 6.13. The average molecular weight is 354 g/mol. The number of hydrogen-bond donors (Lipinski definition) is 2. The lowest BCUT2D eigenvalue weighted by atomic mass is 9.75. The topological polar surface area (TPSA) is 43.7 Å². The van der Waals surface area contributed by atoms with Crippen LogP contribution in [0.5, 0.6) is 0 Å². The molecule has 1 saturated heterocycles. The second-order valence-electron chi connectivity index (χ2n) is 7.94. The van der Waals surface area contributed by atoms with Crippen LogP contribution in [0.2, 0.25) is 0 Å². The number of aliphatic hydroxyl groups is 2. The second-order valence-corrected chi connectivity index (χ2v) is 7.94. The molecule has 2 aromatic carbocycles. The van der Waals surface area contributed by atoms with Crippen LogP contribution >= 0.6 is 0 Å². The molecule has 2 N–H and O–H groups in total. The lowest BCUT2D eigenvalue weighted by molar-refractivity contribution is -0.107. The van der Waals surface area contributed by atoms with Gasteiger partial charge in [0.1, 0.15) is 12.3 Å². The van der Waals surface area contributed by atoms with Crippen LogP contribution in [0.4, 0.5) is 0 Å². The minimum absolute atomic E-state index is 0.571. The monoisotopic (exact) mass is 353 g/mol. The Morgan fingerprint density at radius 3 is 2.04 bits per heavy atom. The molecule has 3 heteroatoms. The summed E-state index contributed by atoms with van der Waals surface area (Å²) in [6.07, 6.45) is 2.90. The zero-order chi connectivity index (χ0) is 18.6. The van der Waals surface area contributed by atoms with Gasteiger partial charge in [-0.1, -0.05) is 81.3 Å². The minimum Gasteiger partial charge on any atom is -0.388 e. The number of aliphatic hydroxyl groups excluding tert-OH is 2. The molecule has 0 aromatic heterocycles. The van der Waals surface area contributed by atoms with E-state index in [-0.39, 0.29) is 0 Å². The molecular formula is C23H31NO2. The van der Waals surface area contributed by atoms with Gasteiger partial charge in [0, 0.05) is 18.5 Å². The molecule has 26 heavy (non-hydrogen) atoms. The molecule has 0 amide bonds. The predicted octanol–water partition coefficient (Wildman–Crippen LogP) is 4.19. The number of benzene rings is 2. The Morgan fingerprint density at radius 1 is 0.808 bits per heavy atom. The average Bonchev–Trinajstić information content (AvgIpc) is 2.97. The summed E-state index contributed by atoms with van der Waals surface area (Å²) in [6, 6.07) is 18.4. The van der Waals surface area contributed by atoms with Crippen LogP contribution in [0.1, 0.15) is 45.1 Å². The third-order valence-electron chi connectivity index (χ3n) is 5.74. The lowest BCUT2D eigenvalue weighted by Crippen LogP contribution is -2.52. The van der Waals surface area contributed by atoms with Crippen LogP contribution in [-0.4, -0.2) is 40.5 Å². The lowest BCUT2D eigenvalue weighted by Gasteiger charge is -2.39. The number of hydrogen-bond acceptors (Lipinski definition) is 3. The SMILES string of the molecule is CC(C)(c1ccccc1-c1ccccc1)C(O)C(O)N1CCCCCC1. The van der Waals surface area contributed by atoms with Gasteiger partial charge in [0.25, 0.3) is 0 Å². The summed E-state index contributed by atoms with van der Waals surface area (Å²) in [7, 11) is 0. The number of likely N-dealkylation sites (tertiary alicyclic amines) is 1.